The summed E-state index contributed by atoms with van der Waals surface area (Å²) in [6.07, 6.45) is 6.06. The molecule has 1 unspecified atom stereocenters. The summed E-state index contributed by atoms with van der Waals surface area (Å²) < 4.78 is 10.9. The summed E-state index contributed by atoms with van der Waals surface area (Å²) >= 11 is 0. The van der Waals surface area contributed by atoms with Gasteiger partial charge in [-0.1, -0.05) is 26.7 Å². The van der Waals surface area contributed by atoms with E-state index in [1.807, 2.05) is 6.92 Å². The first-order valence-electron chi connectivity index (χ1n) is 7.72. The van der Waals surface area contributed by atoms with Crippen molar-refractivity contribution in [2.75, 3.05) is 19.8 Å². The molecular formula is C15H29NO3. The van der Waals surface area contributed by atoms with Gasteiger partial charge in [-0.05, 0) is 32.6 Å². The zero-order chi connectivity index (χ0) is 14.1. The maximum atomic E-state index is 12.3. The first-order chi connectivity index (χ1) is 9.18. The molecule has 0 radical (unpaired) electrons. The van der Waals surface area contributed by atoms with Gasteiger partial charge in [0, 0.05) is 13.2 Å². The Bertz CT molecular complexity index is 256. The van der Waals surface area contributed by atoms with Gasteiger partial charge in [0.15, 0.2) is 0 Å². The summed E-state index contributed by atoms with van der Waals surface area (Å²) in [5.74, 6) is -0.100. The molecule has 0 bridgehead atoms. The normalized spacial score (nSPS) is 19.6. The molecule has 1 saturated heterocycles. The average Bonchev–Trinajstić information content (AvgIpc) is 2.90. The van der Waals surface area contributed by atoms with Gasteiger partial charge < -0.3 is 9.47 Å². The van der Waals surface area contributed by atoms with Crippen LogP contribution in [0.1, 0.15) is 59.3 Å². The van der Waals surface area contributed by atoms with Crippen molar-refractivity contribution in [1.29, 1.82) is 0 Å². The van der Waals surface area contributed by atoms with Crippen molar-refractivity contribution >= 4 is 5.97 Å². The van der Waals surface area contributed by atoms with E-state index in [2.05, 4.69) is 19.2 Å². The smallest absolute Gasteiger partial charge is 0.326 e. The zero-order valence-electron chi connectivity index (χ0n) is 12.7. The van der Waals surface area contributed by atoms with Crippen LogP contribution in [0.15, 0.2) is 0 Å². The maximum absolute atomic E-state index is 12.3. The minimum atomic E-state index is -0.522. The number of nitrogens with one attached hydrogen (secondary N) is 1. The van der Waals surface area contributed by atoms with Crippen LogP contribution in [0.25, 0.3) is 0 Å². The van der Waals surface area contributed by atoms with Crippen LogP contribution < -0.4 is 5.32 Å². The molecule has 4 heteroatoms. The fraction of sp³-hybridized carbons (Fsp3) is 0.933. The fourth-order valence-electron chi connectivity index (χ4n) is 2.82. The van der Waals surface area contributed by atoms with E-state index in [1.165, 1.54) is 0 Å². The lowest BCUT2D eigenvalue weighted by molar-refractivity contribution is -0.152. The molecule has 0 aromatic carbocycles. The summed E-state index contributed by atoms with van der Waals surface area (Å²) in [5, 5.41) is 3.46. The van der Waals surface area contributed by atoms with Gasteiger partial charge in [-0.15, -0.1) is 0 Å². The molecule has 0 aromatic rings. The lowest BCUT2D eigenvalue weighted by Crippen LogP contribution is -2.54. The van der Waals surface area contributed by atoms with E-state index in [9.17, 15) is 4.79 Å². The van der Waals surface area contributed by atoms with Crippen molar-refractivity contribution in [3.63, 3.8) is 0 Å². The maximum Gasteiger partial charge on any atom is 0.326 e. The van der Waals surface area contributed by atoms with E-state index >= 15 is 0 Å². The van der Waals surface area contributed by atoms with Crippen molar-refractivity contribution in [3.05, 3.63) is 0 Å². The molecule has 1 heterocycles. The van der Waals surface area contributed by atoms with Gasteiger partial charge in [-0.2, -0.15) is 0 Å². The van der Waals surface area contributed by atoms with Gasteiger partial charge in [0.2, 0.25) is 0 Å². The highest BCUT2D eigenvalue weighted by molar-refractivity contribution is 5.80. The summed E-state index contributed by atoms with van der Waals surface area (Å²) in [4.78, 5) is 12.3. The van der Waals surface area contributed by atoms with E-state index < -0.39 is 5.54 Å². The highest BCUT2D eigenvalue weighted by Crippen LogP contribution is 2.23. The van der Waals surface area contributed by atoms with Crippen molar-refractivity contribution < 1.29 is 14.3 Å². The molecule has 4 nitrogen and oxygen atoms in total. The van der Waals surface area contributed by atoms with E-state index in [4.69, 9.17) is 9.47 Å². The molecule has 1 aliphatic heterocycles. The number of hydrogen-bond donors (Lipinski definition) is 1. The third kappa shape index (κ3) is 4.77. The molecule has 1 N–H and O–H groups in total. The average molecular weight is 271 g/mol. The summed E-state index contributed by atoms with van der Waals surface area (Å²) in [5.41, 5.74) is -0.522. The van der Waals surface area contributed by atoms with Gasteiger partial charge in [0.1, 0.15) is 5.54 Å². The van der Waals surface area contributed by atoms with E-state index in [0.29, 0.717) is 6.61 Å². The minimum absolute atomic E-state index is 0.100. The number of carbonyl (C=O) groups excluding carboxylic acids is 1. The van der Waals surface area contributed by atoms with Gasteiger partial charge in [0.05, 0.1) is 12.7 Å². The Labute approximate surface area is 117 Å². The molecule has 1 aliphatic rings. The second-order valence-corrected chi connectivity index (χ2v) is 5.32. The molecule has 1 fully saturated rings. The third-order valence-electron chi connectivity index (χ3n) is 3.71. The Morgan fingerprint density at radius 2 is 2.00 bits per heavy atom. The van der Waals surface area contributed by atoms with Crippen LogP contribution in [0.4, 0.5) is 0 Å². The second kappa shape index (κ2) is 8.54. The number of carbonyl (C=O) groups is 1. The van der Waals surface area contributed by atoms with Gasteiger partial charge in [-0.25, -0.2) is 0 Å². The Morgan fingerprint density at radius 3 is 2.47 bits per heavy atom. The largest absolute Gasteiger partial charge is 0.465 e. The first kappa shape index (κ1) is 16.4. The monoisotopic (exact) mass is 271 g/mol. The quantitative estimate of drug-likeness (QED) is 0.655. The van der Waals surface area contributed by atoms with Crippen molar-refractivity contribution in [1.82, 2.24) is 5.32 Å². The Hall–Kier alpha value is -0.610. The molecule has 0 spiro atoms. The van der Waals surface area contributed by atoms with Crippen molar-refractivity contribution in [2.45, 2.75) is 70.9 Å². The van der Waals surface area contributed by atoms with Crippen LogP contribution in [-0.2, 0) is 14.3 Å². The van der Waals surface area contributed by atoms with Crippen LogP contribution in [0.2, 0.25) is 0 Å². The minimum Gasteiger partial charge on any atom is -0.465 e. The van der Waals surface area contributed by atoms with Crippen LogP contribution in [0, 0.1) is 0 Å². The zero-order valence-corrected chi connectivity index (χ0v) is 12.7. The lowest BCUT2D eigenvalue weighted by Gasteiger charge is -2.33. The Morgan fingerprint density at radius 1 is 1.32 bits per heavy atom. The molecule has 1 atom stereocenters. The number of esters is 1. The predicted molar refractivity (Wildman–Crippen MR) is 76.2 cm³/mol. The molecule has 0 aromatic heterocycles. The summed E-state index contributed by atoms with van der Waals surface area (Å²) in [7, 11) is 0. The van der Waals surface area contributed by atoms with Crippen LogP contribution >= 0.6 is 0 Å². The molecule has 1 rings (SSSR count). The van der Waals surface area contributed by atoms with Crippen molar-refractivity contribution in [2.24, 2.45) is 0 Å². The highest BCUT2D eigenvalue weighted by atomic mass is 16.5. The Kier molecular flexibility index (Phi) is 7.39. The van der Waals surface area contributed by atoms with E-state index in [1.54, 1.807) is 0 Å². The number of rotatable bonds is 9. The SMILES string of the molecule is CCCC(CCC)(NCC1CCCO1)C(=O)OCC. The van der Waals surface area contributed by atoms with Crippen LogP contribution in [0.5, 0.6) is 0 Å². The van der Waals surface area contributed by atoms with Crippen molar-refractivity contribution in [3.8, 4) is 0 Å². The van der Waals surface area contributed by atoms with E-state index in [-0.39, 0.29) is 12.1 Å². The van der Waals surface area contributed by atoms with E-state index in [0.717, 1.165) is 51.7 Å². The predicted octanol–water partition coefficient (Wildman–Crippen LogP) is 2.66. The lowest BCUT2D eigenvalue weighted by atomic mass is 9.88. The molecular weight excluding hydrogens is 242 g/mol. The standard InChI is InChI=1S/C15H29NO3/c1-4-9-15(10-5-2,14(17)18-6-3)16-12-13-8-7-11-19-13/h13,16H,4-12H2,1-3H3. The van der Waals surface area contributed by atoms with Gasteiger partial charge in [0.25, 0.3) is 0 Å². The molecule has 0 aliphatic carbocycles. The number of hydrogen-bond acceptors (Lipinski definition) is 4. The topological polar surface area (TPSA) is 47.6 Å². The summed E-state index contributed by atoms with van der Waals surface area (Å²) in [6, 6.07) is 0. The van der Waals surface area contributed by atoms with Gasteiger partial charge >= 0.3 is 5.97 Å². The summed E-state index contributed by atoms with van der Waals surface area (Å²) in [6.45, 7) is 8.12. The van der Waals surface area contributed by atoms with Crippen LogP contribution in [-0.4, -0.2) is 37.4 Å². The van der Waals surface area contributed by atoms with Gasteiger partial charge in [-0.3, -0.25) is 10.1 Å². The van der Waals surface area contributed by atoms with Crippen LogP contribution in [0.3, 0.4) is 0 Å². The fourth-order valence-corrected chi connectivity index (χ4v) is 2.82. The molecule has 112 valence electrons. The Balaban J connectivity index is 2.65. The second-order valence-electron chi connectivity index (χ2n) is 5.32. The molecule has 19 heavy (non-hydrogen) atoms. The molecule has 0 saturated carbocycles. The molecule has 0 amide bonds. The number of ether oxygens (including phenoxy) is 2. The third-order valence-corrected chi connectivity index (χ3v) is 3.71. The highest BCUT2D eigenvalue weighted by Gasteiger charge is 2.38. The first-order valence-corrected chi connectivity index (χ1v) is 7.72.